The van der Waals surface area contributed by atoms with Gasteiger partial charge in [-0.15, -0.1) is 0 Å². The first-order valence-electron chi connectivity index (χ1n) is 6.75. The van der Waals surface area contributed by atoms with Gasteiger partial charge in [-0.2, -0.15) is 0 Å². The predicted molar refractivity (Wildman–Crippen MR) is 78.6 cm³/mol. The number of benzene rings is 2. The molecule has 0 saturated carbocycles. The second kappa shape index (κ2) is 4.98. The van der Waals surface area contributed by atoms with E-state index in [-0.39, 0.29) is 17.6 Å². The van der Waals surface area contributed by atoms with E-state index in [4.69, 9.17) is 0 Å². The van der Waals surface area contributed by atoms with Gasteiger partial charge >= 0.3 is 0 Å². The summed E-state index contributed by atoms with van der Waals surface area (Å²) in [5.41, 5.74) is 1.51. The van der Waals surface area contributed by atoms with Gasteiger partial charge < -0.3 is 0 Å². The lowest BCUT2D eigenvalue weighted by molar-refractivity contribution is 0.0926. The fourth-order valence-corrected chi connectivity index (χ4v) is 2.50. The molecule has 0 bridgehead atoms. The van der Waals surface area contributed by atoms with Crippen molar-refractivity contribution in [2.45, 2.75) is 13.3 Å². The molecule has 104 valence electrons. The minimum atomic E-state index is -0.382. The summed E-state index contributed by atoms with van der Waals surface area (Å²) in [7, 11) is 0. The average Bonchev–Trinajstić information content (AvgIpc) is 2.78. The molecular weight excluding hydrogens is 266 g/mol. The van der Waals surface area contributed by atoms with E-state index in [0.29, 0.717) is 28.8 Å². The highest BCUT2D eigenvalue weighted by atomic mass is 16.2. The van der Waals surface area contributed by atoms with Gasteiger partial charge in [0.05, 0.1) is 16.8 Å². The van der Waals surface area contributed by atoms with Crippen LogP contribution in [0.4, 0.5) is 5.69 Å². The van der Waals surface area contributed by atoms with Gasteiger partial charge in [-0.3, -0.25) is 14.4 Å². The van der Waals surface area contributed by atoms with Gasteiger partial charge in [0, 0.05) is 12.0 Å². The zero-order chi connectivity index (χ0) is 15.0. The summed E-state index contributed by atoms with van der Waals surface area (Å²) in [6.07, 6.45) is 0.320. The zero-order valence-corrected chi connectivity index (χ0v) is 11.5. The molecule has 0 spiro atoms. The first-order valence-corrected chi connectivity index (χ1v) is 6.75. The number of carbonyl (C=O) groups is 3. The number of hydrogen-bond donors (Lipinski definition) is 0. The molecule has 4 nitrogen and oxygen atoms in total. The number of nitrogens with zero attached hydrogens (tertiary/aromatic N) is 1. The standard InChI is InChI=1S/C17H13NO3/c1-2-15(19)13-9-5-6-10-14(13)18-16(20)11-7-3-4-8-12(11)17(18)21/h3-10H,2H2,1H3. The van der Waals surface area contributed by atoms with Crippen LogP contribution in [0, 0.1) is 0 Å². The molecule has 0 aromatic heterocycles. The zero-order valence-electron chi connectivity index (χ0n) is 11.5. The molecule has 0 aliphatic carbocycles. The number of hydrogen-bond acceptors (Lipinski definition) is 3. The van der Waals surface area contributed by atoms with Gasteiger partial charge in [0.1, 0.15) is 0 Å². The molecule has 1 heterocycles. The van der Waals surface area contributed by atoms with Crippen LogP contribution >= 0.6 is 0 Å². The third-order valence-electron chi connectivity index (χ3n) is 3.56. The number of Topliss-reactive ketones (excluding diaryl/α,β-unsaturated/α-hetero) is 1. The van der Waals surface area contributed by atoms with Crippen molar-refractivity contribution in [1.82, 2.24) is 0 Å². The molecule has 21 heavy (non-hydrogen) atoms. The van der Waals surface area contributed by atoms with Crippen molar-refractivity contribution in [3.63, 3.8) is 0 Å². The lowest BCUT2D eigenvalue weighted by Crippen LogP contribution is -2.30. The third kappa shape index (κ3) is 1.96. The molecule has 0 saturated heterocycles. The Morgan fingerprint density at radius 3 is 2.00 bits per heavy atom. The second-order valence-corrected chi connectivity index (χ2v) is 4.79. The maximum atomic E-state index is 12.5. The Morgan fingerprint density at radius 1 is 0.905 bits per heavy atom. The minimum absolute atomic E-state index is 0.0952. The van der Waals surface area contributed by atoms with Gasteiger partial charge in [-0.05, 0) is 24.3 Å². The monoisotopic (exact) mass is 279 g/mol. The van der Waals surface area contributed by atoms with Gasteiger partial charge in [-0.25, -0.2) is 4.90 Å². The molecule has 1 aliphatic heterocycles. The summed E-state index contributed by atoms with van der Waals surface area (Å²) < 4.78 is 0. The molecule has 1 aliphatic rings. The van der Waals surface area contributed by atoms with Crippen molar-refractivity contribution in [2.24, 2.45) is 0 Å². The summed E-state index contributed by atoms with van der Waals surface area (Å²) in [5, 5.41) is 0. The van der Waals surface area contributed by atoms with Crippen LogP contribution in [0.1, 0.15) is 44.4 Å². The molecule has 3 rings (SSSR count). The maximum absolute atomic E-state index is 12.5. The van der Waals surface area contributed by atoms with Crippen molar-refractivity contribution in [3.05, 3.63) is 65.2 Å². The van der Waals surface area contributed by atoms with Gasteiger partial charge in [0.25, 0.3) is 11.8 Å². The Bertz CT molecular complexity index is 729. The Labute approximate surface area is 122 Å². The Hall–Kier alpha value is -2.75. The number of anilines is 1. The third-order valence-corrected chi connectivity index (χ3v) is 3.56. The first-order chi connectivity index (χ1) is 10.1. The smallest absolute Gasteiger partial charge is 0.266 e. The normalized spacial score (nSPS) is 13.5. The van der Waals surface area contributed by atoms with Gasteiger partial charge in [0.2, 0.25) is 0 Å². The Kier molecular flexibility index (Phi) is 3.14. The van der Waals surface area contributed by atoms with Crippen molar-refractivity contribution in [3.8, 4) is 0 Å². The fraction of sp³-hybridized carbons (Fsp3) is 0.118. The summed E-state index contributed by atoms with van der Waals surface area (Å²) in [5.74, 6) is -0.860. The fourth-order valence-electron chi connectivity index (χ4n) is 2.50. The van der Waals surface area contributed by atoms with Crippen LogP contribution in [-0.2, 0) is 0 Å². The quantitative estimate of drug-likeness (QED) is 0.641. The van der Waals surface area contributed by atoms with E-state index in [1.807, 2.05) is 0 Å². The molecule has 2 aromatic carbocycles. The topological polar surface area (TPSA) is 54.5 Å². The van der Waals surface area contributed by atoms with E-state index < -0.39 is 0 Å². The molecule has 2 amide bonds. The van der Waals surface area contributed by atoms with Gasteiger partial charge in [0.15, 0.2) is 5.78 Å². The van der Waals surface area contributed by atoms with Gasteiger partial charge in [-0.1, -0.05) is 31.2 Å². The number of ketones is 1. The van der Waals surface area contributed by atoms with E-state index in [2.05, 4.69) is 0 Å². The number of imide groups is 1. The average molecular weight is 279 g/mol. The summed E-state index contributed by atoms with van der Waals surface area (Å²) in [6, 6.07) is 13.4. The Morgan fingerprint density at radius 2 is 1.43 bits per heavy atom. The summed E-state index contributed by atoms with van der Waals surface area (Å²) in [6.45, 7) is 1.75. The van der Waals surface area contributed by atoms with Crippen molar-refractivity contribution in [2.75, 3.05) is 4.90 Å². The number of fused-ring (bicyclic) bond motifs is 1. The first kappa shape index (κ1) is 13.2. The SMILES string of the molecule is CCC(=O)c1ccccc1N1C(=O)c2ccccc2C1=O. The number of rotatable bonds is 3. The van der Waals surface area contributed by atoms with E-state index >= 15 is 0 Å². The van der Waals surface area contributed by atoms with Crippen LogP contribution in [-0.4, -0.2) is 17.6 Å². The molecule has 0 atom stereocenters. The summed E-state index contributed by atoms with van der Waals surface area (Å²) in [4.78, 5) is 38.0. The largest absolute Gasteiger partial charge is 0.294 e. The van der Waals surface area contributed by atoms with Crippen LogP contribution in [0.25, 0.3) is 0 Å². The highest BCUT2D eigenvalue weighted by Crippen LogP contribution is 2.31. The molecule has 4 heteroatoms. The van der Waals surface area contributed by atoms with Crippen molar-refractivity contribution < 1.29 is 14.4 Å². The molecule has 2 aromatic rings. The highest BCUT2D eigenvalue weighted by molar-refractivity contribution is 6.35. The molecule has 0 radical (unpaired) electrons. The van der Waals surface area contributed by atoms with Crippen molar-refractivity contribution in [1.29, 1.82) is 0 Å². The maximum Gasteiger partial charge on any atom is 0.266 e. The van der Waals surface area contributed by atoms with E-state index in [1.165, 1.54) is 0 Å². The lowest BCUT2D eigenvalue weighted by Gasteiger charge is -2.17. The molecule has 0 unspecified atom stereocenters. The van der Waals surface area contributed by atoms with E-state index in [1.54, 1.807) is 55.5 Å². The second-order valence-electron chi connectivity index (χ2n) is 4.79. The van der Waals surface area contributed by atoms with Crippen LogP contribution < -0.4 is 4.90 Å². The number of para-hydroxylation sites is 1. The van der Waals surface area contributed by atoms with Crippen LogP contribution in [0.2, 0.25) is 0 Å². The predicted octanol–water partition coefficient (Wildman–Crippen LogP) is 3.08. The number of carbonyl (C=O) groups excluding carboxylic acids is 3. The van der Waals surface area contributed by atoms with Crippen LogP contribution in [0.15, 0.2) is 48.5 Å². The highest BCUT2D eigenvalue weighted by Gasteiger charge is 2.37. The Balaban J connectivity index is 2.14. The van der Waals surface area contributed by atoms with Crippen LogP contribution in [0.3, 0.4) is 0 Å². The molecule has 0 fully saturated rings. The minimum Gasteiger partial charge on any atom is -0.294 e. The molecular formula is C17H13NO3. The van der Waals surface area contributed by atoms with E-state index in [0.717, 1.165) is 4.90 Å². The molecule has 0 N–H and O–H groups in total. The van der Waals surface area contributed by atoms with Crippen LogP contribution in [0.5, 0.6) is 0 Å². The summed E-state index contributed by atoms with van der Waals surface area (Å²) >= 11 is 0. The lowest BCUT2D eigenvalue weighted by atomic mass is 10.1. The number of amides is 2. The van der Waals surface area contributed by atoms with E-state index in [9.17, 15) is 14.4 Å². The van der Waals surface area contributed by atoms with Crippen molar-refractivity contribution >= 4 is 23.3 Å².